The van der Waals surface area contributed by atoms with E-state index in [4.69, 9.17) is 23.2 Å². The number of rotatable bonds is 5. The van der Waals surface area contributed by atoms with Crippen molar-refractivity contribution in [2.45, 2.75) is 28.5 Å². The Morgan fingerprint density at radius 3 is 1.94 bits per heavy atom. The molecular weight excluding hydrogens is 758 g/mol. The van der Waals surface area contributed by atoms with Gasteiger partial charge in [0.15, 0.2) is 38.8 Å². The van der Waals surface area contributed by atoms with E-state index in [-0.39, 0.29) is 45.2 Å². The number of amides is 4. The number of allylic oxidation sites excluding steroid dienone is 2. The second-order valence-electron chi connectivity index (χ2n) is 13.5. The van der Waals surface area contributed by atoms with Gasteiger partial charge in [0.05, 0.1) is 17.5 Å². The predicted octanol–water partition coefficient (Wildman–Crippen LogP) is 7.09. The van der Waals surface area contributed by atoms with E-state index in [1.807, 2.05) is 0 Å². The summed E-state index contributed by atoms with van der Waals surface area (Å²) >= 11 is 14.2. The molecule has 2 heterocycles. The number of hydrogen-bond acceptors (Lipinski definition) is 6. The zero-order valence-corrected chi connectivity index (χ0v) is 28.8. The zero-order valence-electron chi connectivity index (χ0n) is 27.3. The molecule has 8 nitrogen and oxygen atoms in total. The van der Waals surface area contributed by atoms with Crippen molar-refractivity contribution in [1.29, 1.82) is 0 Å². The van der Waals surface area contributed by atoms with Gasteiger partial charge in [0.25, 0.3) is 11.8 Å². The van der Waals surface area contributed by atoms with Crippen molar-refractivity contribution in [3.05, 3.63) is 136 Å². The van der Waals surface area contributed by atoms with E-state index in [1.165, 1.54) is 48.5 Å². The topological polar surface area (TPSA) is 112 Å². The maximum Gasteiger partial charge on any atom is 0.258 e. The Kier molecular flexibility index (Phi) is 8.13. The molecule has 54 heavy (non-hydrogen) atoms. The number of anilines is 2. The highest BCUT2D eigenvalue weighted by Crippen LogP contribution is 2.66. The van der Waals surface area contributed by atoms with Gasteiger partial charge in [-0.2, -0.15) is 0 Å². The van der Waals surface area contributed by atoms with Gasteiger partial charge in [0, 0.05) is 17.0 Å². The molecule has 0 aromatic heterocycles. The molecule has 6 atom stereocenters. The zero-order chi connectivity index (χ0) is 38.6. The average Bonchev–Trinajstić information content (AvgIpc) is 3.51. The molecule has 1 N–H and O–H groups in total. The minimum Gasteiger partial charge on any atom is -0.508 e. The molecule has 1 saturated carbocycles. The molecule has 8 rings (SSSR count). The number of phenolic OH excluding ortho intramolecular Hbond substituents is 1. The van der Waals surface area contributed by atoms with E-state index in [0.717, 1.165) is 4.90 Å². The van der Waals surface area contributed by atoms with Crippen LogP contribution in [0.3, 0.4) is 0 Å². The summed E-state index contributed by atoms with van der Waals surface area (Å²) in [5.74, 6) is -22.4. The number of halogens is 7. The molecule has 6 unspecified atom stereocenters. The van der Waals surface area contributed by atoms with Gasteiger partial charge in [-0.05, 0) is 60.7 Å². The van der Waals surface area contributed by atoms with E-state index >= 15 is 8.78 Å². The molecule has 0 radical (unpaired) electrons. The van der Waals surface area contributed by atoms with Gasteiger partial charge >= 0.3 is 0 Å². The molecule has 2 aliphatic heterocycles. The molecule has 3 fully saturated rings. The lowest BCUT2D eigenvalue weighted by Crippen LogP contribution is -2.60. The van der Waals surface area contributed by atoms with Crippen LogP contribution in [-0.2, 0) is 19.2 Å². The van der Waals surface area contributed by atoms with Crippen LogP contribution in [0.2, 0.25) is 0 Å². The fourth-order valence-corrected chi connectivity index (χ4v) is 9.35. The van der Waals surface area contributed by atoms with E-state index < -0.39 is 98.2 Å². The van der Waals surface area contributed by atoms with Crippen molar-refractivity contribution in [1.82, 2.24) is 0 Å². The molecule has 4 aromatic rings. The first-order valence-electron chi connectivity index (χ1n) is 16.5. The molecule has 4 amide bonds. The first-order valence-corrected chi connectivity index (χ1v) is 17.2. The first-order chi connectivity index (χ1) is 25.6. The summed E-state index contributed by atoms with van der Waals surface area (Å²) in [7, 11) is 0. The highest BCUT2D eigenvalue weighted by Gasteiger charge is 2.77. The van der Waals surface area contributed by atoms with Crippen molar-refractivity contribution in [2.75, 3.05) is 9.80 Å². The van der Waals surface area contributed by atoms with E-state index in [2.05, 4.69) is 0 Å². The minimum absolute atomic E-state index is 0.0663. The molecule has 4 aromatic carbocycles. The average molecular weight is 782 g/mol. The van der Waals surface area contributed by atoms with Crippen molar-refractivity contribution in [2.24, 2.45) is 17.8 Å². The Hall–Kier alpha value is -5.40. The summed E-state index contributed by atoms with van der Waals surface area (Å²) in [6.07, 6.45) is 0.813. The van der Waals surface area contributed by atoms with Gasteiger partial charge in [-0.25, -0.2) is 26.9 Å². The van der Waals surface area contributed by atoms with Crippen molar-refractivity contribution >= 4 is 64.0 Å². The standard InChI is InChI=1S/C39H23Cl2F5N2O6/c40-38-16-24-22(13-14-23-25(24)35(52)47(34(23)51)20-11-9-18(10-12-20)33(50)17-5-2-1-3-6-17)26(19-7-4-8-21(49)15-19)39(38,41)37(54)48(36(38)53)32-30(45)28(43)27(42)29(44)31(32)46/h1-13,15,23-26,49H,14,16H2. The molecular formula is C39H23Cl2F5N2O6. The van der Waals surface area contributed by atoms with Crippen molar-refractivity contribution in [3.8, 4) is 5.75 Å². The summed E-state index contributed by atoms with van der Waals surface area (Å²) in [6, 6.07) is 19.5. The lowest BCUT2D eigenvalue weighted by molar-refractivity contribution is -0.125. The maximum atomic E-state index is 15.2. The molecule has 2 saturated heterocycles. The summed E-state index contributed by atoms with van der Waals surface area (Å²) in [5.41, 5.74) is -0.726. The third-order valence-electron chi connectivity index (χ3n) is 10.8. The summed E-state index contributed by atoms with van der Waals surface area (Å²) < 4.78 is 73.4. The molecule has 0 spiro atoms. The number of benzene rings is 4. The van der Waals surface area contributed by atoms with Crippen LogP contribution in [0.4, 0.5) is 33.3 Å². The van der Waals surface area contributed by atoms with Crippen LogP contribution >= 0.6 is 23.2 Å². The number of hydrogen-bond donors (Lipinski definition) is 1. The van der Waals surface area contributed by atoms with Gasteiger partial charge < -0.3 is 5.11 Å². The van der Waals surface area contributed by atoms with Crippen LogP contribution in [0.1, 0.15) is 40.2 Å². The third kappa shape index (κ3) is 4.70. The van der Waals surface area contributed by atoms with Crippen LogP contribution < -0.4 is 9.80 Å². The number of carbonyl (C=O) groups excluding carboxylic acids is 5. The molecule has 0 bridgehead atoms. The Morgan fingerprint density at radius 1 is 0.704 bits per heavy atom. The SMILES string of the molecule is O=C(c1ccccc1)c1ccc(N2C(=O)C3CC=C4C(CC5(Cl)C(=O)N(c6c(F)c(F)c(F)c(F)c6F)C(=O)C5(Cl)C4c4cccc(O)c4)C3C2=O)cc1. The molecule has 274 valence electrons. The maximum absolute atomic E-state index is 15.2. The normalized spacial score (nSPS) is 27.5. The Morgan fingerprint density at radius 2 is 1.31 bits per heavy atom. The number of alkyl halides is 2. The number of carbonyl (C=O) groups is 5. The monoisotopic (exact) mass is 780 g/mol. The molecule has 15 heteroatoms. The van der Waals surface area contributed by atoms with Crippen LogP contribution in [0.25, 0.3) is 0 Å². The summed E-state index contributed by atoms with van der Waals surface area (Å²) in [5, 5.41) is 10.4. The van der Waals surface area contributed by atoms with E-state index in [9.17, 15) is 42.3 Å². The Bertz CT molecular complexity index is 2370. The minimum atomic E-state index is -2.71. The summed E-state index contributed by atoms with van der Waals surface area (Å²) in [6.45, 7) is 0. The number of fused-ring (bicyclic) bond motifs is 4. The second kappa shape index (κ2) is 12.3. The quantitative estimate of drug-likeness (QED) is 0.0441. The van der Waals surface area contributed by atoms with Crippen LogP contribution in [-0.4, -0.2) is 44.3 Å². The second-order valence-corrected chi connectivity index (χ2v) is 14.8. The van der Waals surface area contributed by atoms with Crippen LogP contribution in [0, 0.1) is 46.8 Å². The predicted molar refractivity (Wildman–Crippen MR) is 183 cm³/mol. The number of aromatic hydroxyl groups is 1. The Labute approximate surface area is 312 Å². The van der Waals surface area contributed by atoms with Gasteiger partial charge in [0.2, 0.25) is 17.6 Å². The highest BCUT2D eigenvalue weighted by molar-refractivity contribution is 6.58. The lowest BCUT2D eigenvalue weighted by Gasteiger charge is -2.50. The van der Waals surface area contributed by atoms with Crippen molar-refractivity contribution < 1.29 is 51.0 Å². The number of imide groups is 2. The van der Waals surface area contributed by atoms with E-state index in [1.54, 1.807) is 36.4 Å². The van der Waals surface area contributed by atoms with Gasteiger partial charge in [0.1, 0.15) is 11.4 Å². The van der Waals surface area contributed by atoms with E-state index in [0.29, 0.717) is 5.56 Å². The smallest absolute Gasteiger partial charge is 0.258 e. The van der Waals surface area contributed by atoms with Gasteiger partial charge in [-0.1, -0.05) is 54.1 Å². The molecule has 2 aliphatic carbocycles. The highest BCUT2D eigenvalue weighted by atomic mass is 35.5. The molecule has 4 aliphatic rings. The lowest BCUT2D eigenvalue weighted by atomic mass is 9.56. The summed E-state index contributed by atoms with van der Waals surface area (Å²) in [4.78, 5) is 65.2. The fraction of sp³-hybridized carbons (Fsp3) is 0.205. The largest absolute Gasteiger partial charge is 0.508 e. The third-order valence-corrected chi connectivity index (χ3v) is 12.3. The fourth-order valence-electron chi connectivity index (χ4n) is 8.42. The number of nitrogens with zero attached hydrogens (tertiary/aromatic N) is 2. The van der Waals surface area contributed by atoms with Crippen LogP contribution in [0.15, 0.2) is 90.5 Å². The van der Waals surface area contributed by atoms with Gasteiger partial charge in [-0.3, -0.25) is 28.9 Å². The number of ketones is 1. The van der Waals surface area contributed by atoms with Gasteiger partial charge in [-0.15, -0.1) is 23.2 Å². The Balaban J connectivity index is 1.23. The van der Waals surface area contributed by atoms with Crippen LogP contribution in [0.5, 0.6) is 5.75 Å². The van der Waals surface area contributed by atoms with Crippen molar-refractivity contribution in [3.63, 3.8) is 0 Å². The first kappa shape index (κ1) is 35.6. The number of phenols is 1.